The molecule has 78 valence electrons. The number of nitrogens with one attached hydrogen (secondary N) is 2. The lowest BCUT2D eigenvalue weighted by Crippen LogP contribution is -2.28. The fourth-order valence-corrected chi connectivity index (χ4v) is 1.04. The van der Waals surface area contributed by atoms with E-state index in [0.29, 0.717) is 11.3 Å². The molecule has 0 saturated carbocycles. The molecule has 1 rings (SSSR count). The molecule has 0 fully saturated rings. The lowest BCUT2D eigenvalue weighted by atomic mass is 10.2. The van der Waals surface area contributed by atoms with E-state index in [4.69, 9.17) is 6.42 Å². The summed E-state index contributed by atoms with van der Waals surface area (Å²) in [6, 6.07) is 6.16. The van der Waals surface area contributed by atoms with E-state index in [1.165, 1.54) is 0 Å². The zero-order valence-corrected chi connectivity index (χ0v) is 8.09. The molecule has 2 amide bonds. The van der Waals surface area contributed by atoms with Crippen molar-refractivity contribution in [2.24, 2.45) is 0 Å². The number of benzene rings is 1. The number of amides is 2. The Hall–Kier alpha value is -2.02. The quantitative estimate of drug-likeness (QED) is 0.729. The number of halogens is 1. The van der Waals surface area contributed by atoms with Crippen LogP contribution in [0, 0.1) is 12.3 Å². The van der Waals surface area contributed by atoms with E-state index < -0.39 is 12.7 Å². The summed E-state index contributed by atoms with van der Waals surface area (Å²) in [5, 5.41) is 4.98. The van der Waals surface area contributed by atoms with Gasteiger partial charge in [0.25, 0.3) is 0 Å². The summed E-state index contributed by atoms with van der Waals surface area (Å²) < 4.78 is 12.3. The first kappa shape index (κ1) is 11.1. The summed E-state index contributed by atoms with van der Waals surface area (Å²) in [7, 11) is 0. The zero-order chi connectivity index (χ0) is 11.1. The van der Waals surface area contributed by atoms with Crippen LogP contribution >= 0.6 is 0 Å². The Morgan fingerprint density at radius 2 is 2.33 bits per heavy atom. The van der Waals surface area contributed by atoms with Gasteiger partial charge in [-0.15, -0.1) is 6.42 Å². The summed E-state index contributed by atoms with van der Waals surface area (Å²) in [5.74, 6) is 2.27. The second-order valence-corrected chi connectivity index (χ2v) is 2.85. The van der Waals surface area contributed by atoms with Crippen LogP contribution in [0.3, 0.4) is 0 Å². The van der Waals surface area contributed by atoms with Crippen LogP contribution in [0.1, 0.15) is 5.56 Å². The van der Waals surface area contributed by atoms with Gasteiger partial charge >= 0.3 is 6.03 Å². The average Bonchev–Trinajstić information content (AvgIpc) is 2.26. The molecule has 1 aromatic carbocycles. The second kappa shape index (κ2) is 5.66. The van der Waals surface area contributed by atoms with Gasteiger partial charge in [0.15, 0.2) is 0 Å². The highest BCUT2D eigenvalue weighted by Gasteiger charge is 2.00. The summed E-state index contributed by atoms with van der Waals surface area (Å²) >= 11 is 0. The lowest BCUT2D eigenvalue weighted by Gasteiger charge is -2.05. The molecule has 0 unspecified atom stereocenters. The summed E-state index contributed by atoms with van der Waals surface area (Å²) in [5.41, 5.74) is 1.06. The predicted octanol–water partition coefficient (Wildman–Crippen LogP) is 1.91. The number of carbonyl (C=O) groups is 1. The first-order chi connectivity index (χ1) is 7.26. The predicted molar refractivity (Wildman–Crippen MR) is 57.1 cm³/mol. The van der Waals surface area contributed by atoms with Crippen LogP contribution in [-0.2, 0) is 6.67 Å². The lowest BCUT2D eigenvalue weighted by molar-refractivity contribution is 0.253. The third kappa shape index (κ3) is 3.69. The van der Waals surface area contributed by atoms with E-state index in [1.54, 1.807) is 24.3 Å². The SMILES string of the molecule is C#CCNC(=O)Nc1cccc(CF)c1. The summed E-state index contributed by atoms with van der Waals surface area (Å²) in [4.78, 5) is 11.2. The van der Waals surface area contributed by atoms with Gasteiger partial charge in [0.2, 0.25) is 0 Å². The molecule has 0 saturated heterocycles. The van der Waals surface area contributed by atoms with Crippen molar-refractivity contribution in [3.8, 4) is 12.3 Å². The van der Waals surface area contributed by atoms with E-state index in [9.17, 15) is 9.18 Å². The van der Waals surface area contributed by atoms with Crippen molar-refractivity contribution in [3.63, 3.8) is 0 Å². The van der Waals surface area contributed by atoms with Crippen LogP contribution < -0.4 is 10.6 Å². The summed E-state index contributed by atoms with van der Waals surface area (Å²) in [6.45, 7) is -0.393. The minimum atomic E-state index is -0.554. The minimum absolute atomic E-state index is 0.161. The molecule has 0 atom stereocenters. The molecule has 0 spiro atoms. The Labute approximate surface area is 87.7 Å². The number of alkyl halides is 1. The van der Waals surface area contributed by atoms with Crippen molar-refractivity contribution in [2.45, 2.75) is 6.67 Å². The van der Waals surface area contributed by atoms with Gasteiger partial charge in [-0.05, 0) is 17.7 Å². The van der Waals surface area contributed by atoms with Crippen LogP contribution in [0.25, 0.3) is 0 Å². The standard InChI is InChI=1S/C11H11FN2O/c1-2-6-13-11(15)14-10-5-3-4-9(7-10)8-12/h1,3-5,7H,6,8H2,(H2,13,14,15). The van der Waals surface area contributed by atoms with Crippen molar-refractivity contribution in [1.29, 1.82) is 0 Å². The Morgan fingerprint density at radius 3 is 3.00 bits per heavy atom. The molecule has 2 N–H and O–H groups in total. The van der Waals surface area contributed by atoms with E-state index >= 15 is 0 Å². The fraction of sp³-hybridized carbons (Fsp3) is 0.182. The monoisotopic (exact) mass is 206 g/mol. The first-order valence-electron chi connectivity index (χ1n) is 4.39. The topological polar surface area (TPSA) is 41.1 Å². The molecular weight excluding hydrogens is 195 g/mol. The number of rotatable bonds is 3. The Kier molecular flexibility index (Phi) is 4.17. The maximum Gasteiger partial charge on any atom is 0.319 e. The van der Waals surface area contributed by atoms with Crippen LogP contribution in [0.2, 0.25) is 0 Å². The van der Waals surface area contributed by atoms with Gasteiger partial charge in [0.1, 0.15) is 6.67 Å². The van der Waals surface area contributed by atoms with Crippen molar-refractivity contribution < 1.29 is 9.18 Å². The van der Waals surface area contributed by atoms with E-state index in [1.807, 2.05) is 0 Å². The smallest absolute Gasteiger partial charge is 0.319 e. The largest absolute Gasteiger partial charge is 0.327 e. The normalized spacial score (nSPS) is 9.07. The third-order valence-corrected chi connectivity index (χ3v) is 1.69. The van der Waals surface area contributed by atoms with Gasteiger partial charge in [0.05, 0.1) is 6.54 Å². The summed E-state index contributed by atoms with van der Waals surface area (Å²) in [6.07, 6.45) is 4.97. The average molecular weight is 206 g/mol. The molecule has 0 aliphatic heterocycles. The molecule has 15 heavy (non-hydrogen) atoms. The Balaban J connectivity index is 2.57. The van der Waals surface area contributed by atoms with Gasteiger partial charge in [-0.2, -0.15) is 0 Å². The number of urea groups is 1. The van der Waals surface area contributed by atoms with Gasteiger partial charge < -0.3 is 10.6 Å². The Bertz CT molecular complexity index is 384. The maximum atomic E-state index is 12.3. The third-order valence-electron chi connectivity index (χ3n) is 1.69. The van der Waals surface area contributed by atoms with Gasteiger partial charge in [0, 0.05) is 5.69 Å². The molecule has 0 bridgehead atoms. The van der Waals surface area contributed by atoms with Crippen molar-refractivity contribution in [1.82, 2.24) is 5.32 Å². The Morgan fingerprint density at radius 1 is 1.53 bits per heavy atom. The van der Waals surface area contributed by atoms with E-state index in [-0.39, 0.29) is 6.54 Å². The van der Waals surface area contributed by atoms with E-state index in [0.717, 1.165) is 0 Å². The number of hydrogen-bond acceptors (Lipinski definition) is 1. The molecule has 0 aromatic heterocycles. The number of carbonyl (C=O) groups excluding carboxylic acids is 1. The van der Waals surface area contributed by atoms with Gasteiger partial charge in [-0.25, -0.2) is 9.18 Å². The maximum absolute atomic E-state index is 12.3. The highest BCUT2D eigenvalue weighted by molar-refractivity contribution is 5.89. The molecule has 0 heterocycles. The van der Waals surface area contributed by atoms with Crippen LogP contribution in [-0.4, -0.2) is 12.6 Å². The van der Waals surface area contributed by atoms with Crippen molar-refractivity contribution in [3.05, 3.63) is 29.8 Å². The minimum Gasteiger partial charge on any atom is -0.327 e. The van der Waals surface area contributed by atoms with Gasteiger partial charge in [-0.1, -0.05) is 18.1 Å². The number of hydrogen-bond donors (Lipinski definition) is 2. The highest BCUT2D eigenvalue weighted by Crippen LogP contribution is 2.11. The van der Waals surface area contributed by atoms with Crippen molar-refractivity contribution in [2.75, 3.05) is 11.9 Å². The molecular formula is C11H11FN2O. The molecule has 0 radical (unpaired) electrons. The molecule has 0 aliphatic carbocycles. The van der Waals surface area contributed by atoms with Crippen LogP contribution in [0.5, 0.6) is 0 Å². The number of terminal acetylenes is 1. The van der Waals surface area contributed by atoms with E-state index in [2.05, 4.69) is 16.6 Å². The fourth-order valence-electron chi connectivity index (χ4n) is 1.04. The highest BCUT2D eigenvalue weighted by atomic mass is 19.1. The molecule has 0 aliphatic rings. The van der Waals surface area contributed by atoms with Gasteiger partial charge in [-0.3, -0.25) is 0 Å². The van der Waals surface area contributed by atoms with Crippen LogP contribution in [0.4, 0.5) is 14.9 Å². The van der Waals surface area contributed by atoms with Crippen molar-refractivity contribution >= 4 is 11.7 Å². The number of anilines is 1. The first-order valence-corrected chi connectivity index (χ1v) is 4.39. The molecule has 3 nitrogen and oxygen atoms in total. The molecule has 1 aromatic rings. The molecule has 4 heteroatoms. The second-order valence-electron chi connectivity index (χ2n) is 2.85. The zero-order valence-electron chi connectivity index (χ0n) is 8.09. The van der Waals surface area contributed by atoms with Crippen LogP contribution in [0.15, 0.2) is 24.3 Å².